The molecule has 0 spiro atoms. The number of hydrogen-bond acceptors (Lipinski definition) is 6. The van der Waals surface area contributed by atoms with E-state index in [4.69, 9.17) is 0 Å². The maximum Gasteiger partial charge on any atom is 0.234 e. The number of carbonyl (C=O) groups excluding carboxylic acids is 1. The molecule has 0 unspecified atom stereocenters. The van der Waals surface area contributed by atoms with E-state index in [0.29, 0.717) is 9.50 Å². The van der Waals surface area contributed by atoms with Crippen LogP contribution in [0, 0.1) is 5.82 Å². The number of aromatic nitrogens is 2. The maximum atomic E-state index is 13.7. The lowest BCUT2D eigenvalue weighted by molar-refractivity contribution is -0.113. The Kier molecular flexibility index (Phi) is 6.42. The lowest BCUT2D eigenvalue weighted by atomic mass is 10.3. The van der Waals surface area contributed by atoms with Gasteiger partial charge in [0.2, 0.25) is 15.7 Å². The molecule has 0 aliphatic rings. The van der Waals surface area contributed by atoms with E-state index in [0.717, 1.165) is 11.8 Å². The molecule has 0 aliphatic heterocycles. The Hall–Kier alpha value is -2.30. The Morgan fingerprint density at radius 3 is 2.46 bits per heavy atom. The zero-order chi connectivity index (χ0) is 20.1. The third-order valence-corrected chi connectivity index (χ3v) is 6.58. The molecule has 6 nitrogen and oxygen atoms in total. The number of sulfone groups is 1. The van der Waals surface area contributed by atoms with Crippen LogP contribution >= 0.6 is 27.7 Å². The summed E-state index contributed by atoms with van der Waals surface area (Å²) in [6.45, 7) is 0. The SMILES string of the molecule is O=C(CSc1ccc(S(=O)(=O)c2ccccc2)nn1)Nc1ccc(Br)cc1F. The average Bonchev–Trinajstić information content (AvgIpc) is 2.69. The van der Waals surface area contributed by atoms with Crippen LogP contribution in [0.2, 0.25) is 0 Å². The summed E-state index contributed by atoms with van der Waals surface area (Å²) >= 11 is 4.20. The zero-order valence-corrected chi connectivity index (χ0v) is 17.4. The van der Waals surface area contributed by atoms with Crippen LogP contribution in [0.5, 0.6) is 0 Å². The summed E-state index contributed by atoms with van der Waals surface area (Å²) in [5, 5.41) is 10.3. The number of amides is 1. The van der Waals surface area contributed by atoms with Crippen LogP contribution in [0.25, 0.3) is 0 Å². The Morgan fingerprint density at radius 2 is 1.82 bits per heavy atom. The lowest BCUT2D eigenvalue weighted by Crippen LogP contribution is -2.15. The van der Waals surface area contributed by atoms with Crippen LogP contribution in [0.3, 0.4) is 0 Å². The predicted octanol–water partition coefficient (Wildman–Crippen LogP) is 3.94. The van der Waals surface area contributed by atoms with E-state index in [1.807, 2.05) is 0 Å². The van der Waals surface area contributed by atoms with Gasteiger partial charge in [-0.15, -0.1) is 10.2 Å². The van der Waals surface area contributed by atoms with Crippen LogP contribution in [0.15, 0.2) is 80.1 Å². The summed E-state index contributed by atoms with van der Waals surface area (Å²) in [5.74, 6) is -1.01. The van der Waals surface area contributed by atoms with Crippen molar-refractivity contribution in [1.82, 2.24) is 10.2 Å². The van der Waals surface area contributed by atoms with E-state index < -0.39 is 21.6 Å². The summed E-state index contributed by atoms with van der Waals surface area (Å²) in [6, 6.07) is 15.0. The molecule has 0 bridgehead atoms. The lowest BCUT2D eigenvalue weighted by Gasteiger charge is -2.07. The van der Waals surface area contributed by atoms with Crippen molar-refractivity contribution in [2.24, 2.45) is 0 Å². The summed E-state index contributed by atoms with van der Waals surface area (Å²) in [7, 11) is -3.74. The summed E-state index contributed by atoms with van der Waals surface area (Å²) in [5.41, 5.74) is 0.0733. The molecule has 1 heterocycles. The fourth-order valence-corrected chi connectivity index (χ4v) is 4.26. The number of nitrogens with one attached hydrogen (secondary N) is 1. The van der Waals surface area contributed by atoms with Gasteiger partial charge in [-0.1, -0.05) is 45.9 Å². The normalized spacial score (nSPS) is 11.2. The fourth-order valence-electron chi connectivity index (χ4n) is 2.17. The minimum atomic E-state index is -3.74. The van der Waals surface area contributed by atoms with Gasteiger partial charge in [0.25, 0.3) is 0 Å². The van der Waals surface area contributed by atoms with Gasteiger partial charge in [0.05, 0.1) is 16.3 Å². The van der Waals surface area contributed by atoms with Gasteiger partial charge < -0.3 is 5.32 Å². The standard InChI is InChI=1S/C18H13BrFN3O3S2/c19-12-6-7-15(14(20)10-12)21-16(24)11-27-17-8-9-18(23-22-17)28(25,26)13-4-2-1-3-5-13/h1-10H,11H2,(H,21,24). The molecule has 2 aromatic carbocycles. The van der Waals surface area contributed by atoms with Gasteiger partial charge in [-0.2, -0.15) is 0 Å². The summed E-state index contributed by atoms with van der Waals surface area (Å²) < 4.78 is 39.2. The number of rotatable bonds is 6. The first kappa shape index (κ1) is 20.4. The molecule has 0 aliphatic carbocycles. The van der Waals surface area contributed by atoms with Crippen molar-refractivity contribution < 1.29 is 17.6 Å². The van der Waals surface area contributed by atoms with E-state index >= 15 is 0 Å². The first-order chi connectivity index (χ1) is 13.4. The molecule has 3 aromatic rings. The van der Waals surface area contributed by atoms with Crippen molar-refractivity contribution in [1.29, 1.82) is 0 Å². The number of thioether (sulfide) groups is 1. The quantitative estimate of drug-likeness (QED) is 0.536. The molecular formula is C18H13BrFN3O3S2. The molecule has 3 rings (SSSR count). The minimum Gasteiger partial charge on any atom is -0.323 e. The van der Waals surface area contributed by atoms with Gasteiger partial charge in [-0.25, -0.2) is 12.8 Å². The summed E-state index contributed by atoms with van der Waals surface area (Å²) in [4.78, 5) is 12.1. The number of hydrogen-bond donors (Lipinski definition) is 1. The van der Waals surface area contributed by atoms with Crippen LogP contribution in [-0.2, 0) is 14.6 Å². The Bertz CT molecular complexity index is 1090. The van der Waals surface area contributed by atoms with Gasteiger partial charge >= 0.3 is 0 Å². The van der Waals surface area contributed by atoms with Gasteiger partial charge in [0.15, 0.2) is 5.03 Å². The first-order valence-corrected chi connectivity index (χ1v) is 11.1. The monoisotopic (exact) mass is 481 g/mol. The molecule has 1 N–H and O–H groups in total. The molecule has 1 amide bonds. The largest absolute Gasteiger partial charge is 0.323 e. The first-order valence-electron chi connectivity index (χ1n) is 7.88. The van der Waals surface area contributed by atoms with Crippen molar-refractivity contribution >= 4 is 49.1 Å². The molecule has 0 fully saturated rings. The molecule has 0 radical (unpaired) electrons. The van der Waals surface area contributed by atoms with E-state index in [1.165, 1.54) is 36.4 Å². The van der Waals surface area contributed by atoms with Crippen molar-refractivity contribution in [2.75, 3.05) is 11.1 Å². The van der Waals surface area contributed by atoms with Crippen molar-refractivity contribution in [3.8, 4) is 0 Å². The van der Waals surface area contributed by atoms with Crippen LogP contribution in [0.4, 0.5) is 10.1 Å². The predicted molar refractivity (Wildman–Crippen MR) is 107 cm³/mol. The van der Waals surface area contributed by atoms with Crippen molar-refractivity contribution in [2.45, 2.75) is 14.9 Å². The highest BCUT2D eigenvalue weighted by Crippen LogP contribution is 2.22. The van der Waals surface area contributed by atoms with E-state index in [9.17, 15) is 17.6 Å². The number of halogens is 2. The summed E-state index contributed by atoms with van der Waals surface area (Å²) in [6.07, 6.45) is 0. The molecule has 0 saturated carbocycles. The fraction of sp³-hybridized carbons (Fsp3) is 0.0556. The third-order valence-electron chi connectivity index (χ3n) is 3.50. The van der Waals surface area contributed by atoms with Crippen LogP contribution in [-0.4, -0.2) is 30.3 Å². The van der Waals surface area contributed by atoms with Crippen LogP contribution in [0.1, 0.15) is 0 Å². The molecule has 1 aromatic heterocycles. The second kappa shape index (κ2) is 8.80. The molecular weight excluding hydrogens is 469 g/mol. The van der Waals surface area contributed by atoms with Gasteiger partial charge in [0, 0.05) is 4.47 Å². The van der Waals surface area contributed by atoms with Crippen LogP contribution < -0.4 is 5.32 Å². The highest BCUT2D eigenvalue weighted by molar-refractivity contribution is 9.10. The molecule has 10 heteroatoms. The Balaban J connectivity index is 1.62. The van der Waals surface area contributed by atoms with Gasteiger partial charge in [-0.05, 0) is 42.5 Å². The van der Waals surface area contributed by atoms with Gasteiger partial charge in [0.1, 0.15) is 10.8 Å². The highest BCUT2D eigenvalue weighted by atomic mass is 79.9. The van der Waals surface area contributed by atoms with Gasteiger partial charge in [-0.3, -0.25) is 4.79 Å². The smallest absolute Gasteiger partial charge is 0.234 e. The minimum absolute atomic E-state index is 0.0328. The molecule has 144 valence electrons. The van der Waals surface area contributed by atoms with Crippen molar-refractivity contribution in [3.63, 3.8) is 0 Å². The molecule has 28 heavy (non-hydrogen) atoms. The second-order valence-corrected chi connectivity index (χ2v) is 9.30. The highest BCUT2D eigenvalue weighted by Gasteiger charge is 2.19. The maximum absolute atomic E-state index is 13.7. The molecule has 0 saturated heterocycles. The zero-order valence-electron chi connectivity index (χ0n) is 14.2. The number of nitrogens with zero attached hydrogens (tertiary/aromatic N) is 2. The van der Waals surface area contributed by atoms with E-state index in [-0.39, 0.29) is 21.4 Å². The Labute approximate surface area is 173 Å². The van der Waals surface area contributed by atoms with E-state index in [2.05, 4.69) is 31.4 Å². The number of anilines is 1. The molecule has 0 atom stereocenters. The Morgan fingerprint density at radius 1 is 1.07 bits per heavy atom. The van der Waals surface area contributed by atoms with E-state index in [1.54, 1.807) is 24.3 Å². The number of carbonyl (C=O) groups is 1. The third kappa shape index (κ3) is 4.94. The topological polar surface area (TPSA) is 89.0 Å². The number of benzene rings is 2. The second-order valence-electron chi connectivity index (χ2n) is 5.49. The van der Waals surface area contributed by atoms with Crippen molar-refractivity contribution in [3.05, 3.63) is 71.0 Å². The average molecular weight is 482 g/mol.